The van der Waals surface area contributed by atoms with Gasteiger partial charge in [-0.3, -0.25) is 0 Å². The number of nitrogens with one attached hydrogen (secondary N) is 1. The minimum absolute atomic E-state index is 0.346. The standard InChI is InChI=1S/C11H22N2/c1-3-5-6-7-8-9-11(4-2)13-10-12/h11-12H,3-9H2,1-2H3. The summed E-state index contributed by atoms with van der Waals surface area (Å²) in [7, 11) is 0. The van der Waals surface area contributed by atoms with Crippen molar-refractivity contribution in [3.05, 3.63) is 0 Å². The summed E-state index contributed by atoms with van der Waals surface area (Å²) in [5.74, 6) is 0. The summed E-state index contributed by atoms with van der Waals surface area (Å²) < 4.78 is 0. The second-order valence-corrected chi connectivity index (χ2v) is 3.51. The molecule has 0 heterocycles. The van der Waals surface area contributed by atoms with Crippen LogP contribution >= 0.6 is 0 Å². The van der Waals surface area contributed by atoms with Crippen LogP contribution in [0.3, 0.4) is 0 Å². The lowest BCUT2D eigenvalue weighted by Gasteiger charge is -2.06. The predicted molar refractivity (Wildman–Crippen MR) is 57.6 cm³/mol. The fraction of sp³-hybridized carbons (Fsp3) is 0.909. The van der Waals surface area contributed by atoms with Crippen LogP contribution in [0.5, 0.6) is 0 Å². The molecule has 0 spiro atoms. The van der Waals surface area contributed by atoms with Crippen LogP contribution < -0.4 is 0 Å². The molecule has 1 N–H and O–H groups in total. The average Bonchev–Trinajstić information content (AvgIpc) is 2.16. The zero-order valence-electron chi connectivity index (χ0n) is 8.97. The molecule has 2 heteroatoms. The van der Waals surface area contributed by atoms with Gasteiger partial charge in [0.25, 0.3) is 0 Å². The van der Waals surface area contributed by atoms with Gasteiger partial charge in [-0.15, -0.1) is 0 Å². The Balaban J connectivity index is 3.33. The number of rotatable bonds is 8. The van der Waals surface area contributed by atoms with E-state index in [-0.39, 0.29) is 0 Å². The molecule has 0 amide bonds. The van der Waals surface area contributed by atoms with E-state index in [1.165, 1.54) is 32.1 Å². The Hall–Kier alpha value is -0.620. The van der Waals surface area contributed by atoms with Crippen molar-refractivity contribution < 1.29 is 0 Å². The molecule has 0 radical (unpaired) electrons. The van der Waals surface area contributed by atoms with Crippen LogP contribution in [-0.2, 0) is 0 Å². The second-order valence-electron chi connectivity index (χ2n) is 3.51. The van der Waals surface area contributed by atoms with Crippen LogP contribution in [0.4, 0.5) is 0 Å². The third kappa shape index (κ3) is 7.73. The molecule has 1 atom stereocenters. The lowest BCUT2D eigenvalue weighted by atomic mass is 10.1. The predicted octanol–water partition coefficient (Wildman–Crippen LogP) is 3.88. The van der Waals surface area contributed by atoms with Gasteiger partial charge in [-0.25, -0.2) is 10.4 Å². The van der Waals surface area contributed by atoms with Crippen LogP contribution in [0.1, 0.15) is 58.8 Å². The number of hydrogen-bond donors (Lipinski definition) is 1. The van der Waals surface area contributed by atoms with Gasteiger partial charge in [-0.2, -0.15) is 0 Å². The largest absolute Gasteiger partial charge is 0.242 e. The number of nitrogens with zero attached hydrogens (tertiary/aromatic N) is 1. The van der Waals surface area contributed by atoms with E-state index in [9.17, 15) is 0 Å². The van der Waals surface area contributed by atoms with E-state index in [2.05, 4.69) is 24.8 Å². The topological polar surface area (TPSA) is 36.2 Å². The van der Waals surface area contributed by atoms with Crippen LogP contribution in [0.2, 0.25) is 0 Å². The quantitative estimate of drug-likeness (QED) is 0.437. The summed E-state index contributed by atoms with van der Waals surface area (Å²) in [5, 5.41) is 6.77. The third-order valence-electron chi connectivity index (χ3n) is 2.36. The van der Waals surface area contributed by atoms with E-state index < -0.39 is 0 Å². The van der Waals surface area contributed by atoms with Gasteiger partial charge in [0.1, 0.15) is 0 Å². The molecule has 0 rings (SSSR count). The average molecular weight is 182 g/mol. The fourth-order valence-corrected chi connectivity index (χ4v) is 1.43. The van der Waals surface area contributed by atoms with Gasteiger partial charge in [-0.05, 0) is 12.8 Å². The highest BCUT2D eigenvalue weighted by molar-refractivity contribution is 5.36. The maximum absolute atomic E-state index is 6.77. The van der Waals surface area contributed by atoms with E-state index in [4.69, 9.17) is 5.41 Å². The molecule has 0 saturated carbocycles. The number of aliphatic imine (C=N–C) groups is 1. The molecule has 0 aliphatic rings. The molecule has 0 aromatic rings. The van der Waals surface area contributed by atoms with Gasteiger partial charge in [0.2, 0.25) is 0 Å². The van der Waals surface area contributed by atoms with Crippen molar-refractivity contribution in [2.45, 2.75) is 64.8 Å². The first kappa shape index (κ1) is 12.4. The van der Waals surface area contributed by atoms with E-state index in [1.54, 1.807) is 0 Å². The molecule has 0 aromatic carbocycles. The summed E-state index contributed by atoms with van der Waals surface area (Å²) in [6.07, 6.45) is 8.75. The van der Waals surface area contributed by atoms with Gasteiger partial charge in [0.05, 0.1) is 12.1 Å². The molecular weight excluding hydrogens is 160 g/mol. The third-order valence-corrected chi connectivity index (χ3v) is 2.36. The molecule has 0 aliphatic carbocycles. The molecule has 0 saturated heterocycles. The highest BCUT2D eigenvalue weighted by Crippen LogP contribution is 2.10. The first-order valence-corrected chi connectivity index (χ1v) is 5.46. The van der Waals surface area contributed by atoms with E-state index in [0.29, 0.717) is 6.04 Å². The van der Waals surface area contributed by atoms with Crippen molar-refractivity contribution in [1.29, 1.82) is 5.41 Å². The zero-order chi connectivity index (χ0) is 9.94. The van der Waals surface area contributed by atoms with Gasteiger partial charge < -0.3 is 0 Å². The number of hydrogen-bond acceptors (Lipinski definition) is 2. The summed E-state index contributed by atoms with van der Waals surface area (Å²) in [4.78, 5) is 3.98. The highest BCUT2D eigenvalue weighted by Gasteiger charge is 2.01. The Morgan fingerprint density at radius 3 is 2.38 bits per heavy atom. The van der Waals surface area contributed by atoms with Gasteiger partial charge >= 0.3 is 0 Å². The summed E-state index contributed by atoms with van der Waals surface area (Å²) in [5.41, 5.74) is 0. The Bertz CT molecular complexity index is 148. The van der Waals surface area contributed by atoms with Crippen LogP contribution in [-0.4, -0.2) is 12.1 Å². The van der Waals surface area contributed by atoms with Gasteiger partial charge in [0, 0.05) is 0 Å². The molecule has 0 aromatic heterocycles. The van der Waals surface area contributed by atoms with Gasteiger partial charge in [0.15, 0.2) is 0 Å². The SMILES string of the molecule is CCCCCCCC(CC)N=C=N. The van der Waals surface area contributed by atoms with Crippen molar-refractivity contribution in [3.8, 4) is 0 Å². The van der Waals surface area contributed by atoms with Crippen molar-refractivity contribution in [1.82, 2.24) is 0 Å². The first-order chi connectivity index (χ1) is 6.35. The Morgan fingerprint density at radius 2 is 1.85 bits per heavy atom. The number of unbranched alkanes of at least 4 members (excludes halogenated alkanes) is 4. The van der Waals surface area contributed by atoms with Crippen molar-refractivity contribution in [2.75, 3.05) is 0 Å². The molecule has 0 fully saturated rings. The van der Waals surface area contributed by atoms with E-state index >= 15 is 0 Å². The Morgan fingerprint density at radius 1 is 1.15 bits per heavy atom. The maximum atomic E-state index is 6.77. The first-order valence-electron chi connectivity index (χ1n) is 5.46. The molecule has 13 heavy (non-hydrogen) atoms. The molecule has 0 aliphatic heterocycles. The second kappa shape index (κ2) is 9.47. The normalized spacial score (nSPS) is 12.2. The Kier molecular flexibility index (Phi) is 9.02. The minimum Gasteiger partial charge on any atom is -0.242 e. The monoisotopic (exact) mass is 182 g/mol. The van der Waals surface area contributed by atoms with Crippen LogP contribution in [0.25, 0.3) is 0 Å². The smallest absolute Gasteiger partial charge is 0.0864 e. The maximum Gasteiger partial charge on any atom is 0.0864 e. The van der Waals surface area contributed by atoms with Crippen LogP contribution in [0.15, 0.2) is 4.99 Å². The van der Waals surface area contributed by atoms with E-state index in [1.807, 2.05) is 0 Å². The lowest BCUT2D eigenvalue weighted by Crippen LogP contribution is -2.01. The summed E-state index contributed by atoms with van der Waals surface area (Å²) in [6, 6.07) is 2.49. The molecule has 76 valence electrons. The van der Waals surface area contributed by atoms with Crippen molar-refractivity contribution in [2.24, 2.45) is 4.99 Å². The van der Waals surface area contributed by atoms with Crippen molar-refractivity contribution in [3.63, 3.8) is 0 Å². The lowest BCUT2D eigenvalue weighted by molar-refractivity contribution is 0.533. The molecule has 1 unspecified atom stereocenters. The molecular formula is C11H22N2. The minimum atomic E-state index is 0.346. The molecule has 2 nitrogen and oxygen atoms in total. The molecule has 0 bridgehead atoms. The highest BCUT2D eigenvalue weighted by atomic mass is 14.8. The van der Waals surface area contributed by atoms with E-state index in [0.717, 1.165) is 12.8 Å². The Labute approximate surface area is 82.0 Å². The van der Waals surface area contributed by atoms with Gasteiger partial charge in [-0.1, -0.05) is 46.0 Å². The summed E-state index contributed by atoms with van der Waals surface area (Å²) in [6.45, 7) is 4.35. The summed E-state index contributed by atoms with van der Waals surface area (Å²) >= 11 is 0. The zero-order valence-corrected chi connectivity index (χ0v) is 8.97. The van der Waals surface area contributed by atoms with Crippen molar-refractivity contribution >= 4 is 6.01 Å². The fourth-order valence-electron chi connectivity index (χ4n) is 1.43. The van der Waals surface area contributed by atoms with Crippen LogP contribution in [0, 0.1) is 5.41 Å².